The van der Waals surface area contributed by atoms with Crippen LogP contribution in [0.5, 0.6) is 5.75 Å². The number of carbonyl (C=O) groups is 1. The first kappa shape index (κ1) is 15.7. The van der Waals surface area contributed by atoms with E-state index in [1.807, 2.05) is 23.1 Å². The van der Waals surface area contributed by atoms with Gasteiger partial charge in [-0.15, -0.1) is 0 Å². The van der Waals surface area contributed by atoms with Crippen LogP contribution in [0.4, 0.5) is 4.79 Å². The van der Waals surface area contributed by atoms with Gasteiger partial charge < -0.3 is 9.47 Å². The SMILES string of the molecule is COc1c2ccc(-c3ccccc3)c1C2N1CC2(CCCCC2)OC1=O. The molecule has 0 aromatic heterocycles. The molecule has 1 amide bonds. The van der Waals surface area contributed by atoms with Crippen molar-refractivity contribution < 1.29 is 14.3 Å². The van der Waals surface area contributed by atoms with Crippen molar-refractivity contribution in [2.75, 3.05) is 13.7 Å². The van der Waals surface area contributed by atoms with Gasteiger partial charge in [-0.25, -0.2) is 4.79 Å². The summed E-state index contributed by atoms with van der Waals surface area (Å²) in [6.07, 6.45) is 5.33. The molecule has 1 saturated carbocycles. The Morgan fingerprint density at radius 1 is 1.08 bits per heavy atom. The summed E-state index contributed by atoms with van der Waals surface area (Å²) < 4.78 is 11.6. The average Bonchev–Trinajstić information content (AvgIpc) is 2.98. The molecule has 0 radical (unpaired) electrons. The van der Waals surface area contributed by atoms with Gasteiger partial charge in [-0.3, -0.25) is 4.90 Å². The number of amides is 1. The van der Waals surface area contributed by atoms with Gasteiger partial charge in [-0.1, -0.05) is 48.9 Å². The van der Waals surface area contributed by atoms with E-state index in [4.69, 9.17) is 9.47 Å². The molecule has 2 aromatic rings. The van der Waals surface area contributed by atoms with Gasteiger partial charge in [0.25, 0.3) is 0 Å². The minimum Gasteiger partial charge on any atom is -0.496 e. The number of hydrogen-bond acceptors (Lipinski definition) is 3. The molecule has 1 spiro atoms. The summed E-state index contributed by atoms with van der Waals surface area (Å²) in [5.41, 5.74) is 4.22. The number of carbonyl (C=O) groups excluding carboxylic acids is 1. The van der Waals surface area contributed by atoms with Crippen LogP contribution in [-0.2, 0) is 4.74 Å². The van der Waals surface area contributed by atoms with Crippen molar-refractivity contribution in [3.63, 3.8) is 0 Å². The Labute approximate surface area is 153 Å². The minimum atomic E-state index is -0.274. The Bertz CT molecular complexity index is 855. The highest BCUT2D eigenvalue weighted by Gasteiger charge is 2.52. The molecule has 1 saturated heterocycles. The second-order valence-corrected chi connectivity index (χ2v) is 7.66. The molecule has 1 atom stereocenters. The molecule has 1 heterocycles. The Morgan fingerprint density at radius 2 is 1.85 bits per heavy atom. The highest BCUT2D eigenvalue weighted by Crippen LogP contribution is 2.55. The summed E-state index contributed by atoms with van der Waals surface area (Å²) in [5.74, 6) is 0.911. The molecular weight excluding hydrogens is 326 g/mol. The van der Waals surface area contributed by atoms with Gasteiger partial charge in [0.1, 0.15) is 11.4 Å². The first-order chi connectivity index (χ1) is 12.7. The second-order valence-electron chi connectivity index (χ2n) is 7.66. The number of fused-ring (bicyclic) bond motifs is 2. The zero-order valence-electron chi connectivity index (χ0n) is 15.0. The summed E-state index contributed by atoms with van der Waals surface area (Å²) >= 11 is 0. The smallest absolute Gasteiger partial charge is 0.411 e. The number of hydrogen-bond donors (Lipinski definition) is 0. The maximum Gasteiger partial charge on any atom is 0.411 e. The minimum absolute atomic E-state index is 0.0426. The molecule has 4 nitrogen and oxygen atoms in total. The highest BCUT2D eigenvalue weighted by molar-refractivity contribution is 5.82. The summed E-state index contributed by atoms with van der Waals surface area (Å²) in [7, 11) is 1.71. The molecule has 134 valence electrons. The second kappa shape index (κ2) is 5.76. The Kier molecular flexibility index (Phi) is 3.49. The van der Waals surface area contributed by atoms with Crippen LogP contribution in [-0.4, -0.2) is 30.2 Å². The fourth-order valence-electron chi connectivity index (χ4n) is 4.91. The summed E-state index contributed by atoms with van der Waals surface area (Å²) in [6.45, 7) is 0.691. The molecule has 3 aliphatic rings. The van der Waals surface area contributed by atoms with E-state index in [9.17, 15) is 4.79 Å². The van der Waals surface area contributed by atoms with Crippen LogP contribution in [0.25, 0.3) is 11.1 Å². The largest absolute Gasteiger partial charge is 0.496 e. The van der Waals surface area contributed by atoms with Crippen molar-refractivity contribution in [1.29, 1.82) is 0 Å². The maximum atomic E-state index is 12.7. The predicted octanol–water partition coefficient (Wildman–Crippen LogP) is 4.92. The van der Waals surface area contributed by atoms with Crippen molar-refractivity contribution >= 4 is 6.09 Å². The molecule has 26 heavy (non-hydrogen) atoms. The standard InChI is InChI=1S/C22H23NO3/c1-25-20-17-11-10-16(15-8-4-2-5-9-15)18(20)19(17)23-14-22(26-21(23)24)12-6-3-7-13-22/h2,4-5,8-11,19H,3,6-7,12-14H2,1H3. The average molecular weight is 349 g/mol. The normalized spacial score (nSPS) is 22.9. The van der Waals surface area contributed by atoms with Crippen LogP contribution in [0.15, 0.2) is 42.5 Å². The van der Waals surface area contributed by atoms with Crippen LogP contribution in [0, 0.1) is 0 Å². The zero-order valence-corrected chi connectivity index (χ0v) is 15.0. The maximum absolute atomic E-state index is 12.7. The van der Waals surface area contributed by atoms with Crippen molar-refractivity contribution in [3.05, 3.63) is 53.6 Å². The zero-order chi connectivity index (χ0) is 17.7. The third-order valence-electron chi connectivity index (χ3n) is 6.16. The molecule has 4 heteroatoms. The number of methoxy groups -OCH3 is 1. The fourth-order valence-corrected chi connectivity index (χ4v) is 4.91. The molecule has 0 N–H and O–H groups in total. The molecular formula is C22H23NO3. The lowest BCUT2D eigenvalue weighted by molar-refractivity contribution is 0.0259. The van der Waals surface area contributed by atoms with E-state index in [0.29, 0.717) is 6.54 Å². The van der Waals surface area contributed by atoms with E-state index in [0.717, 1.165) is 53.7 Å². The van der Waals surface area contributed by atoms with Crippen molar-refractivity contribution in [3.8, 4) is 16.9 Å². The highest BCUT2D eigenvalue weighted by atomic mass is 16.6. The van der Waals surface area contributed by atoms with Gasteiger partial charge in [-0.2, -0.15) is 0 Å². The third kappa shape index (κ3) is 2.17. The molecule has 2 aliphatic carbocycles. The lowest BCUT2D eigenvalue weighted by atomic mass is 9.77. The van der Waals surface area contributed by atoms with Crippen LogP contribution in [0.2, 0.25) is 0 Å². The number of ether oxygens (including phenoxy) is 2. The van der Waals surface area contributed by atoms with Gasteiger partial charge in [0.2, 0.25) is 0 Å². The van der Waals surface area contributed by atoms with E-state index < -0.39 is 0 Å². The summed E-state index contributed by atoms with van der Waals surface area (Å²) in [4.78, 5) is 14.7. The molecule has 2 fully saturated rings. The van der Waals surface area contributed by atoms with Crippen molar-refractivity contribution in [1.82, 2.24) is 4.90 Å². The topological polar surface area (TPSA) is 38.8 Å². The van der Waals surface area contributed by atoms with Gasteiger partial charge in [0, 0.05) is 11.1 Å². The third-order valence-corrected chi connectivity index (χ3v) is 6.16. The van der Waals surface area contributed by atoms with Gasteiger partial charge in [0.05, 0.1) is 19.7 Å². The van der Waals surface area contributed by atoms with Gasteiger partial charge in [0.15, 0.2) is 0 Å². The number of nitrogens with zero attached hydrogens (tertiary/aromatic N) is 1. The lowest BCUT2D eigenvalue weighted by Crippen LogP contribution is -2.40. The Balaban J connectivity index is 1.52. The molecule has 2 bridgehead atoms. The van der Waals surface area contributed by atoms with Crippen LogP contribution < -0.4 is 4.74 Å². The van der Waals surface area contributed by atoms with Crippen LogP contribution >= 0.6 is 0 Å². The van der Waals surface area contributed by atoms with Gasteiger partial charge in [-0.05, 0) is 36.8 Å². The summed E-state index contributed by atoms with van der Waals surface area (Å²) in [6, 6.07) is 14.5. The van der Waals surface area contributed by atoms with Crippen LogP contribution in [0.1, 0.15) is 49.3 Å². The molecule has 1 aliphatic heterocycles. The molecule has 1 unspecified atom stereocenters. The van der Waals surface area contributed by atoms with Gasteiger partial charge >= 0.3 is 6.09 Å². The number of benzene rings is 2. The fraction of sp³-hybridized carbons (Fsp3) is 0.409. The first-order valence-corrected chi connectivity index (χ1v) is 9.48. The van der Waals surface area contributed by atoms with E-state index in [1.54, 1.807) is 7.11 Å². The van der Waals surface area contributed by atoms with Crippen molar-refractivity contribution in [2.45, 2.75) is 43.7 Å². The lowest BCUT2D eigenvalue weighted by Gasteiger charge is -2.39. The monoisotopic (exact) mass is 349 g/mol. The Morgan fingerprint density at radius 3 is 2.58 bits per heavy atom. The summed E-state index contributed by atoms with van der Waals surface area (Å²) in [5, 5.41) is 0. The van der Waals surface area contributed by atoms with E-state index >= 15 is 0 Å². The molecule has 5 rings (SSSR count). The van der Waals surface area contributed by atoms with E-state index in [1.165, 1.54) is 6.42 Å². The van der Waals surface area contributed by atoms with E-state index in [-0.39, 0.29) is 17.7 Å². The van der Waals surface area contributed by atoms with Crippen LogP contribution in [0.3, 0.4) is 0 Å². The van der Waals surface area contributed by atoms with E-state index in [2.05, 4.69) is 24.3 Å². The van der Waals surface area contributed by atoms with Crippen molar-refractivity contribution in [2.24, 2.45) is 0 Å². The first-order valence-electron chi connectivity index (χ1n) is 9.48. The predicted molar refractivity (Wildman–Crippen MR) is 99.3 cm³/mol. The molecule has 2 aromatic carbocycles. The number of rotatable bonds is 3. The Hall–Kier alpha value is -2.49. The quantitative estimate of drug-likeness (QED) is 0.789.